The van der Waals surface area contributed by atoms with E-state index in [9.17, 15) is 9.90 Å². The van der Waals surface area contributed by atoms with Gasteiger partial charge in [-0.05, 0) is 81.4 Å². The lowest BCUT2D eigenvalue weighted by Gasteiger charge is -2.27. The molecule has 1 fully saturated rings. The van der Waals surface area contributed by atoms with Gasteiger partial charge in [-0.1, -0.05) is 12.1 Å². The largest absolute Gasteiger partial charge is 0.478 e. The van der Waals surface area contributed by atoms with E-state index < -0.39 is 5.97 Å². The van der Waals surface area contributed by atoms with E-state index in [0.717, 1.165) is 45.6 Å². The minimum Gasteiger partial charge on any atom is -0.478 e. The number of aromatic nitrogens is 2. The van der Waals surface area contributed by atoms with Crippen molar-refractivity contribution < 1.29 is 9.90 Å². The normalized spacial score (nSPS) is 18.3. The number of nitrogens with one attached hydrogen (secondary N) is 1. The molecule has 2 atom stereocenters. The smallest absolute Gasteiger partial charge is 0.335 e. The molecule has 1 aliphatic heterocycles. The summed E-state index contributed by atoms with van der Waals surface area (Å²) in [6.07, 6.45) is 1.80. The predicted octanol–water partition coefficient (Wildman–Crippen LogP) is 4.49. The molecule has 0 radical (unpaired) electrons. The lowest BCUT2D eigenvalue weighted by atomic mass is 9.97. The van der Waals surface area contributed by atoms with Crippen molar-refractivity contribution in [2.45, 2.75) is 39.8 Å². The quantitative estimate of drug-likeness (QED) is 0.577. The monoisotopic (exact) mass is 434 g/mol. The molecule has 2 N–H and O–H groups in total. The van der Waals surface area contributed by atoms with Crippen LogP contribution in [-0.2, 0) is 0 Å². The fourth-order valence-electron chi connectivity index (χ4n) is 4.53. The number of thiocarbonyl (C=S) groups is 1. The van der Waals surface area contributed by atoms with Crippen LogP contribution in [0.1, 0.15) is 57.6 Å². The third kappa shape index (κ3) is 3.59. The van der Waals surface area contributed by atoms with Gasteiger partial charge in [-0.3, -0.25) is 4.98 Å². The van der Waals surface area contributed by atoms with Crippen LogP contribution in [0, 0.1) is 20.8 Å². The third-order valence-electron chi connectivity index (χ3n) is 6.02. The van der Waals surface area contributed by atoms with Gasteiger partial charge in [0.25, 0.3) is 0 Å². The molecular weight excluding hydrogens is 408 g/mol. The standard InChI is InChI=1S/C24H26N4O2S/c1-5-27-22(21(26-24(27)31)19-8-6-7-11-25-19)18-12-15(3)28(16(18)4)20-13-17(23(29)30)10-9-14(20)2/h6-13,21-22H,5H2,1-4H3,(H,26,31)(H,29,30). The summed E-state index contributed by atoms with van der Waals surface area (Å²) in [7, 11) is 0. The molecule has 6 nitrogen and oxygen atoms in total. The maximum atomic E-state index is 11.6. The van der Waals surface area contributed by atoms with Crippen LogP contribution in [0.15, 0.2) is 48.7 Å². The van der Waals surface area contributed by atoms with Gasteiger partial charge in [-0.25, -0.2) is 4.79 Å². The molecule has 7 heteroatoms. The Kier molecular flexibility index (Phi) is 5.54. The zero-order valence-electron chi connectivity index (χ0n) is 18.1. The van der Waals surface area contributed by atoms with Gasteiger partial charge >= 0.3 is 5.97 Å². The van der Waals surface area contributed by atoms with Crippen LogP contribution in [0.5, 0.6) is 0 Å². The number of hydrogen-bond donors (Lipinski definition) is 2. The van der Waals surface area contributed by atoms with E-state index in [1.807, 2.05) is 31.2 Å². The Morgan fingerprint density at radius 2 is 1.97 bits per heavy atom. The number of benzene rings is 1. The number of hydrogen-bond acceptors (Lipinski definition) is 3. The van der Waals surface area contributed by atoms with E-state index >= 15 is 0 Å². The van der Waals surface area contributed by atoms with Gasteiger partial charge in [0.2, 0.25) is 0 Å². The number of pyridine rings is 1. The van der Waals surface area contributed by atoms with Gasteiger partial charge in [0.05, 0.1) is 23.3 Å². The first-order chi connectivity index (χ1) is 14.8. The second kappa shape index (κ2) is 8.15. The topological polar surface area (TPSA) is 70.4 Å². The Hall–Kier alpha value is -3.19. The first-order valence-electron chi connectivity index (χ1n) is 10.3. The minimum absolute atomic E-state index is 0.00434. The van der Waals surface area contributed by atoms with E-state index in [1.54, 1.807) is 18.3 Å². The number of nitrogens with zero attached hydrogens (tertiary/aromatic N) is 3. The summed E-state index contributed by atoms with van der Waals surface area (Å²) in [4.78, 5) is 18.3. The highest BCUT2D eigenvalue weighted by Crippen LogP contribution is 2.41. The molecule has 1 saturated heterocycles. The molecule has 1 aromatic carbocycles. The van der Waals surface area contributed by atoms with Crippen molar-refractivity contribution in [3.05, 3.63) is 82.4 Å². The van der Waals surface area contributed by atoms with Crippen LogP contribution in [0.25, 0.3) is 5.69 Å². The first kappa shape index (κ1) is 21.1. The highest BCUT2D eigenvalue weighted by atomic mass is 32.1. The average Bonchev–Trinajstić information content (AvgIpc) is 3.24. The molecule has 1 aliphatic rings. The van der Waals surface area contributed by atoms with Crippen molar-refractivity contribution in [3.63, 3.8) is 0 Å². The van der Waals surface area contributed by atoms with Crippen LogP contribution in [0.4, 0.5) is 0 Å². The number of carboxylic acid groups (broad SMARTS) is 1. The van der Waals surface area contributed by atoms with Crippen molar-refractivity contribution in [2.75, 3.05) is 6.54 Å². The minimum atomic E-state index is -0.929. The van der Waals surface area contributed by atoms with Gasteiger partial charge in [0.15, 0.2) is 5.11 Å². The summed E-state index contributed by atoms with van der Waals surface area (Å²) < 4.78 is 2.14. The molecule has 0 saturated carbocycles. The highest BCUT2D eigenvalue weighted by Gasteiger charge is 2.40. The number of carboxylic acids is 1. The Morgan fingerprint density at radius 1 is 1.19 bits per heavy atom. The van der Waals surface area contributed by atoms with E-state index in [2.05, 4.69) is 46.6 Å². The van der Waals surface area contributed by atoms with E-state index in [-0.39, 0.29) is 17.6 Å². The van der Waals surface area contributed by atoms with Crippen LogP contribution in [0.2, 0.25) is 0 Å². The lowest BCUT2D eigenvalue weighted by molar-refractivity contribution is 0.0697. The number of likely N-dealkylation sites (N-methyl/N-ethyl adjacent to an activating group) is 1. The molecule has 3 heterocycles. The summed E-state index contributed by atoms with van der Waals surface area (Å²) in [5, 5.41) is 13.7. The molecule has 2 unspecified atom stereocenters. The van der Waals surface area contributed by atoms with E-state index in [1.165, 1.54) is 0 Å². The van der Waals surface area contributed by atoms with Crippen molar-refractivity contribution in [1.29, 1.82) is 0 Å². The van der Waals surface area contributed by atoms with Crippen LogP contribution in [-0.4, -0.2) is 37.2 Å². The molecule has 0 aliphatic carbocycles. The summed E-state index contributed by atoms with van der Waals surface area (Å²) in [6.45, 7) is 9.01. The van der Waals surface area contributed by atoms with Crippen molar-refractivity contribution >= 4 is 23.3 Å². The summed E-state index contributed by atoms with van der Waals surface area (Å²) >= 11 is 5.65. The summed E-state index contributed by atoms with van der Waals surface area (Å²) in [6, 6.07) is 13.3. The molecule has 2 aromatic heterocycles. The van der Waals surface area contributed by atoms with Gasteiger partial charge in [-0.2, -0.15) is 0 Å². The average molecular weight is 435 g/mol. The van der Waals surface area contributed by atoms with Crippen molar-refractivity contribution in [1.82, 2.24) is 19.8 Å². The van der Waals surface area contributed by atoms with Gasteiger partial charge in [-0.15, -0.1) is 0 Å². The Balaban J connectivity index is 1.86. The van der Waals surface area contributed by atoms with Crippen LogP contribution in [0.3, 0.4) is 0 Å². The van der Waals surface area contributed by atoms with E-state index in [4.69, 9.17) is 12.2 Å². The Labute approximate surface area is 187 Å². The SMILES string of the molecule is CCN1C(=S)NC(c2ccccn2)C1c1cc(C)n(-c2cc(C(=O)O)ccc2C)c1C. The van der Waals surface area contributed by atoms with Crippen LogP contribution < -0.4 is 5.32 Å². The summed E-state index contributed by atoms with van der Waals surface area (Å²) in [5.74, 6) is -0.929. The second-order valence-corrected chi connectivity index (χ2v) is 8.27. The number of carbonyl (C=O) groups is 1. The van der Waals surface area contributed by atoms with Gasteiger partial charge < -0.3 is 19.9 Å². The Bertz CT molecular complexity index is 1160. The molecule has 31 heavy (non-hydrogen) atoms. The fourth-order valence-corrected chi connectivity index (χ4v) is 4.90. The molecule has 4 rings (SSSR count). The van der Waals surface area contributed by atoms with Gasteiger partial charge in [0.1, 0.15) is 0 Å². The number of rotatable bonds is 5. The zero-order valence-corrected chi connectivity index (χ0v) is 18.9. The third-order valence-corrected chi connectivity index (χ3v) is 6.38. The first-order valence-corrected chi connectivity index (χ1v) is 10.8. The molecular formula is C24H26N4O2S. The Morgan fingerprint density at radius 3 is 2.61 bits per heavy atom. The summed E-state index contributed by atoms with van der Waals surface area (Å²) in [5.41, 5.74) is 6.40. The van der Waals surface area contributed by atoms with Crippen molar-refractivity contribution in [3.8, 4) is 5.69 Å². The maximum absolute atomic E-state index is 11.6. The zero-order chi connectivity index (χ0) is 22.3. The highest BCUT2D eigenvalue weighted by molar-refractivity contribution is 7.80. The molecule has 0 bridgehead atoms. The number of aryl methyl sites for hydroxylation is 2. The van der Waals surface area contributed by atoms with Crippen LogP contribution >= 0.6 is 12.2 Å². The molecule has 0 spiro atoms. The molecule has 0 amide bonds. The maximum Gasteiger partial charge on any atom is 0.335 e. The molecule has 160 valence electrons. The number of aromatic carboxylic acids is 1. The predicted molar refractivity (Wildman–Crippen MR) is 125 cm³/mol. The lowest BCUT2D eigenvalue weighted by Crippen LogP contribution is -2.29. The van der Waals surface area contributed by atoms with Crippen molar-refractivity contribution in [2.24, 2.45) is 0 Å². The molecule has 3 aromatic rings. The van der Waals surface area contributed by atoms with Gasteiger partial charge in [0, 0.05) is 29.8 Å². The second-order valence-electron chi connectivity index (χ2n) is 7.88. The fraction of sp³-hybridized carbons (Fsp3) is 0.292. The van der Waals surface area contributed by atoms with E-state index in [0.29, 0.717) is 0 Å².